The van der Waals surface area contributed by atoms with E-state index in [2.05, 4.69) is 20.9 Å². The number of carboxylic acids is 2. The van der Waals surface area contributed by atoms with Crippen molar-refractivity contribution in [2.45, 2.75) is 49.9 Å². The third-order valence-electron chi connectivity index (χ3n) is 6.70. The van der Waals surface area contributed by atoms with Gasteiger partial charge in [0.05, 0.1) is 12.5 Å². The number of nitrogens with two attached hydrogens (primary N) is 1. The highest BCUT2D eigenvalue weighted by atomic mass is 32.2. The van der Waals surface area contributed by atoms with E-state index in [9.17, 15) is 39.3 Å². The molecule has 0 aliphatic rings. The highest BCUT2D eigenvalue weighted by Gasteiger charge is 2.32. The fraction of sp³-hybridized carbons (Fsp3) is 0.345. The number of rotatable bonds is 16. The number of hydrogen-bond acceptors (Lipinski definition) is 8. The van der Waals surface area contributed by atoms with Crippen molar-refractivity contribution < 1.29 is 39.3 Å². The standard InChI is InChI=1S/C29H35N5O8S/c1-43-11-10-22(29(41)42)32-28(40)24(14-25(36)37)34-27(39)23(13-17-15-31-21-5-3-2-4-19(17)21)33-26(38)20(30)12-16-6-8-18(35)9-7-16/h2-9,15,20,22-24,31,35H,10-14,30H2,1H3,(H,32,40)(H,33,38)(H,34,39)(H,36,37)(H,41,42). The fourth-order valence-corrected chi connectivity index (χ4v) is 4.88. The predicted octanol–water partition coefficient (Wildman–Crippen LogP) is 0.753. The molecule has 4 unspecified atom stereocenters. The van der Waals surface area contributed by atoms with Crippen LogP contribution in [0.2, 0.25) is 0 Å². The lowest BCUT2D eigenvalue weighted by atomic mass is 10.0. The first-order chi connectivity index (χ1) is 20.5. The molecular weight excluding hydrogens is 578 g/mol. The molecule has 0 saturated heterocycles. The average Bonchev–Trinajstić information content (AvgIpc) is 3.37. The molecule has 0 bridgehead atoms. The van der Waals surface area contributed by atoms with Crippen molar-refractivity contribution in [1.29, 1.82) is 0 Å². The number of carbonyl (C=O) groups excluding carboxylic acids is 3. The van der Waals surface area contributed by atoms with Crippen molar-refractivity contribution in [3.8, 4) is 5.75 Å². The summed E-state index contributed by atoms with van der Waals surface area (Å²) in [6.07, 6.45) is 2.80. The number of H-pyrrole nitrogens is 1. The molecule has 230 valence electrons. The summed E-state index contributed by atoms with van der Waals surface area (Å²) in [4.78, 5) is 65.9. The monoisotopic (exact) mass is 613 g/mol. The molecule has 2 aromatic carbocycles. The molecule has 3 amide bonds. The van der Waals surface area contributed by atoms with Crippen LogP contribution in [0.1, 0.15) is 24.0 Å². The second-order valence-corrected chi connectivity index (χ2v) is 10.9. The maximum Gasteiger partial charge on any atom is 0.326 e. The lowest BCUT2D eigenvalue weighted by Crippen LogP contribution is -2.58. The van der Waals surface area contributed by atoms with Gasteiger partial charge < -0.3 is 42.0 Å². The van der Waals surface area contributed by atoms with Crippen LogP contribution in [0.15, 0.2) is 54.7 Å². The average molecular weight is 614 g/mol. The minimum Gasteiger partial charge on any atom is -0.508 e. The number of benzene rings is 2. The Hall–Kier alpha value is -4.56. The van der Waals surface area contributed by atoms with E-state index in [0.717, 1.165) is 10.9 Å². The summed E-state index contributed by atoms with van der Waals surface area (Å²) in [5.74, 6) is -4.72. The zero-order valence-electron chi connectivity index (χ0n) is 23.4. The smallest absolute Gasteiger partial charge is 0.326 e. The van der Waals surface area contributed by atoms with Crippen molar-refractivity contribution in [3.63, 3.8) is 0 Å². The van der Waals surface area contributed by atoms with Gasteiger partial charge in [0, 0.05) is 23.5 Å². The SMILES string of the molecule is CSCCC(NC(=O)C(CC(=O)O)NC(=O)C(Cc1c[nH]c2ccccc12)NC(=O)C(N)Cc1ccc(O)cc1)C(=O)O. The zero-order chi connectivity index (χ0) is 31.5. The van der Waals surface area contributed by atoms with E-state index < -0.39 is 60.2 Å². The predicted molar refractivity (Wildman–Crippen MR) is 160 cm³/mol. The summed E-state index contributed by atoms with van der Waals surface area (Å²) < 4.78 is 0. The van der Waals surface area contributed by atoms with E-state index in [4.69, 9.17) is 5.73 Å². The highest BCUT2D eigenvalue weighted by Crippen LogP contribution is 2.19. The molecule has 13 nitrogen and oxygen atoms in total. The number of aromatic hydroxyl groups is 1. The van der Waals surface area contributed by atoms with E-state index in [1.807, 2.05) is 24.3 Å². The van der Waals surface area contributed by atoms with Crippen LogP contribution in [0.5, 0.6) is 5.75 Å². The molecule has 1 heterocycles. The second-order valence-electron chi connectivity index (χ2n) is 9.94. The van der Waals surface area contributed by atoms with Crippen LogP contribution < -0.4 is 21.7 Å². The number of thioether (sulfide) groups is 1. The van der Waals surface area contributed by atoms with E-state index in [-0.39, 0.29) is 25.0 Å². The number of nitrogens with one attached hydrogen (secondary N) is 4. The first-order valence-corrected chi connectivity index (χ1v) is 14.8. The number of carboxylic acid groups (broad SMARTS) is 2. The zero-order valence-corrected chi connectivity index (χ0v) is 24.2. The summed E-state index contributed by atoms with van der Waals surface area (Å²) in [7, 11) is 0. The topological polar surface area (TPSA) is 224 Å². The van der Waals surface area contributed by atoms with Crippen LogP contribution in [-0.2, 0) is 36.8 Å². The van der Waals surface area contributed by atoms with Crippen molar-refractivity contribution in [3.05, 3.63) is 65.9 Å². The minimum atomic E-state index is -1.62. The summed E-state index contributed by atoms with van der Waals surface area (Å²) >= 11 is 1.38. The first-order valence-electron chi connectivity index (χ1n) is 13.4. The van der Waals surface area contributed by atoms with Gasteiger partial charge in [-0.3, -0.25) is 19.2 Å². The van der Waals surface area contributed by atoms with E-state index >= 15 is 0 Å². The Morgan fingerprint density at radius 1 is 0.860 bits per heavy atom. The summed E-state index contributed by atoms with van der Waals surface area (Å²) in [6.45, 7) is 0. The lowest BCUT2D eigenvalue weighted by Gasteiger charge is -2.24. The van der Waals surface area contributed by atoms with Crippen molar-refractivity contribution in [2.24, 2.45) is 5.73 Å². The lowest BCUT2D eigenvalue weighted by molar-refractivity contribution is -0.143. The molecule has 0 fully saturated rings. The van der Waals surface area contributed by atoms with Crippen LogP contribution in [0.3, 0.4) is 0 Å². The van der Waals surface area contributed by atoms with Gasteiger partial charge in [-0.25, -0.2) is 4.79 Å². The molecule has 9 N–H and O–H groups in total. The number of hydrogen-bond donors (Lipinski definition) is 8. The van der Waals surface area contributed by atoms with E-state index in [1.165, 1.54) is 23.9 Å². The highest BCUT2D eigenvalue weighted by molar-refractivity contribution is 7.98. The van der Waals surface area contributed by atoms with Gasteiger partial charge in [-0.1, -0.05) is 30.3 Å². The Labute approximate surface area is 251 Å². The van der Waals surface area contributed by atoms with Crippen LogP contribution >= 0.6 is 11.8 Å². The largest absolute Gasteiger partial charge is 0.508 e. The third kappa shape index (κ3) is 9.75. The number of aliphatic carboxylic acids is 2. The Bertz CT molecular complexity index is 1440. The van der Waals surface area contributed by atoms with Gasteiger partial charge in [-0.15, -0.1) is 0 Å². The number of fused-ring (bicyclic) bond motifs is 1. The van der Waals surface area contributed by atoms with Gasteiger partial charge >= 0.3 is 11.9 Å². The number of aromatic amines is 1. The van der Waals surface area contributed by atoms with Crippen LogP contribution in [-0.4, -0.2) is 86.1 Å². The van der Waals surface area contributed by atoms with Gasteiger partial charge in [0.1, 0.15) is 23.9 Å². The van der Waals surface area contributed by atoms with Crippen molar-refractivity contribution in [2.75, 3.05) is 12.0 Å². The Kier molecular flexibility index (Phi) is 12.0. The van der Waals surface area contributed by atoms with Crippen LogP contribution in [0.25, 0.3) is 10.9 Å². The van der Waals surface area contributed by atoms with E-state index in [0.29, 0.717) is 16.9 Å². The Morgan fingerprint density at radius 3 is 2.14 bits per heavy atom. The third-order valence-corrected chi connectivity index (χ3v) is 7.34. The Morgan fingerprint density at radius 2 is 1.49 bits per heavy atom. The molecule has 0 radical (unpaired) electrons. The maximum absolute atomic E-state index is 13.6. The number of para-hydroxylation sites is 1. The molecule has 14 heteroatoms. The quantitative estimate of drug-likeness (QED) is 0.113. The van der Waals surface area contributed by atoms with Gasteiger partial charge in [0.25, 0.3) is 0 Å². The number of amides is 3. The number of phenols is 1. The maximum atomic E-state index is 13.6. The summed E-state index contributed by atoms with van der Waals surface area (Å²) in [5, 5.41) is 36.5. The minimum absolute atomic E-state index is 0.0274. The molecule has 0 aliphatic carbocycles. The van der Waals surface area contributed by atoms with Gasteiger partial charge in [0.2, 0.25) is 17.7 Å². The molecule has 4 atom stereocenters. The Balaban J connectivity index is 1.82. The second kappa shape index (κ2) is 15.6. The molecule has 0 saturated carbocycles. The normalized spacial score (nSPS) is 13.8. The molecule has 1 aromatic heterocycles. The molecular formula is C29H35N5O8S. The molecule has 0 spiro atoms. The van der Waals surface area contributed by atoms with Gasteiger partial charge in [0.15, 0.2) is 0 Å². The molecule has 43 heavy (non-hydrogen) atoms. The fourth-order valence-electron chi connectivity index (χ4n) is 4.41. The molecule has 3 rings (SSSR count). The first kappa shape index (κ1) is 32.9. The van der Waals surface area contributed by atoms with Crippen molar-refractivity contribution in [1.82, 2.24) is 20.9 Å². The summed E-state index contributed by atoms with van der Waals surface area (Å²) in [6, 6.07) is 8.19. The number of phenolic OH excluding ortho intramolecular Hbond substituents is 1. The van der Waals surface area contributed by atoms with Gasteiger partial charge in [-0.2, -0.15) is 11.8 Å². The van der Waals surface area contributed by atoms with Crippen LogP contribution in [0, 0.1) is 0 Å². The van der Waals surface area contributed by atoms with Crippen molar-refractivity contribution >= 4 is 52.3 Å². The summed E-state index contributed by atoms with van der Waals surface area (Å²) in [5.41, 5.74) is 8.26. The van der Waals surface area contributed by atoms with E-state index in [1.54, 1.807) is 24.6 Å². The van der Waals surface area contributed by atoms with Gasteiger partial charge in [-0.05, 0) is 54.2 Å². The number of carbonyl (C=O) groups is 5. The molecule has 3 aromatic rings. The molecule has 0 aliphatic heterocycles. The van der Waals surface area contributed by atoms with Crippen LogP contribution in [0.4, 0.5) is 0 Å². The number of aromatic nitrogens is 1.